The van der Waals surface area contributed by atoms with Crippen molar-refractivity contribution < 1.29 is 4.79 Å². The van der Waals surface area contributed by atoms with E-state index >= 15 is 0 Å². The van der Waals surface area contributed by atoms with Crippen LogP contribution >= 0.6 is 0 Å². The van der Waals surface area contributed by atoms with Crippen LogP contribution in [0.2, 0.25) is 0 Å². The first-order chi connectivity index (χ1) is 12.5. The molecule has 1 amide bonds. The predicted octanol–water partition coefficient (Wildman–Crippen LogP) is 2.52. The van der Waals surface area contributed by atoms with Crippen LogP contribution in [-0.4, -0.2) is 57.0 Å². The lowest BCUT2D eigenvalue weighted by Crippen LogP contribution is -2.41. The fourth-order valence-corrected chi connectivity index (χ4v) is 3.86. The van der Waals surface area contributed by atoms with Crippen molar-refractivity contribution in [3.8, 4) is 0 Å². The molecule has 1 aliphatic rings. The number of hydrogen-bond acceptors (Lipinski definition) is 3. The number of imidazole rings is 1. The molecule has 6 heteroatoms. The van der Waals surface area contributed by atoms with E-state index in [1.54, 1.807) is 0 Å². The van der Waals surface area contributed by atoms with Gasteiger partial charge in [-0.25, -0.2) is 4.98 Å². The molecule has 0 saturated carbocycles. The van der Waals surface area contributed by atoms with Crippen LogP contribution in [0.1, 0.15) is 28.5 Å². The zero-order valence-electron chi connectivity index (χ0n) is 15.6. The zero-order valence-corrected chi connectivity index (χ0v) is 15.6. The maximum absolute atomic E-state index is 13.3. The average molecular weight is 351 g/mol. The van der Waals surface area contributed by atoms with Crippen molar-refractivity contribution in [2.45, 2.75) is 19.0 Å². The summed E-state index contributed by atoms with van der Waals surface area (Å²) in [6.45, 7) is 2.32. The molecule has 0 radical (unpaired) electrons. The molecule has 0 fully saturated rings. The Labute approximate surface area is 153 Å². The fourth-order valence-electron chi connectivity index (χ4n) is 3.86. The van der Waals surface area contributed by atoms with Crippen LogP contribution in [0.25, 0.3) is 10.9 Å². The minimum Gasteiger partial charge on any atom is -0.350 e. The molecule has 4 rings (SSSR count). The van der Waals surface area contributed by atoms with Gasteiger partial charge in [0.25, 0.3) is 5.91 Å². The van der Waals surface area contributed by atoms with Gasteiger partial charge >= 0.3 is 0 Å². The Morgan fingerprint density at radius 1 is 1.31 bits per heavy atom. The van der Waals surface area contributed by atoms with Crippen molar-refractivity contribution in [3.63, 3.8) is 0 Å². The highest BCUT2D eigenvalue weighted by Crippen LogP contribution is 2.27. The van der Waals surface area contributed by atoms with E-state index in [1.165, 1.54) is 0 Å². The molecular formula is C20H25N5O. The Kier molecular flexibility index (Phi) is 4.28. The first kappa shape index (κ1) is 16.8. The van der Waals surface area contributed by atoms with Crippen molar-refractivity contribution in [2.24, 2.45) is 7.05 Å². The molecule has 26 heavy (non-hydrogen) atoms. The van der Waals surface area contributed by atoms with Gasteiger partial charge in [0, 0.05) is 36.9 Å². The smallest absolute Gasteiger partial charge is 0.256 e. The van der Waals surface area contributed by atoms with Crippen LogP contribution in [-0.2, 0) is 13.6 Å². The number of fused-ring (bicyclic) bond motifs is 2. The van der Waals surface area contributed by atoms with Crippen LogP contribution in [0.15, 0.2) is 43.0 Å². The summed E-state index contributed by atoms with van der Waals surface area (Å²) in [6, 6.07) is 8.34. The van der Waals surface area contributed by atoms with E-state index < -0.39 is 0 Å². The third-order valence-corrected chi connectivity index (χ3v) is 5.25. The lowest BCUT2D eigenvalue weighted by atomic mass is 10.1. The lowest BCUT2D eigenvalue weighted by Gasteiger charge is -2.35. The lowest BCUT2D eigenvalue weighted by molar-refractivity contribution is 0.0672. The second-order valence-electron chi connectivity index (χ2n) is 7.39. The van der Waals surface area contributed by atoms with Gasteiger partial charge in [-0.05, 0) is 33.1 Å². The van der Waals surface area contributed by atoms with Gasteiger partial charge in [0.1, 0.15) is 0 Å². The molecule has 0 spiro atoms. The number of rotatable bonds is 4. The van der Waals surface area contributed by atoms with Crippen LogP contribution in [0.4, 0.5) is 0 Å². The van der Waals surface area contributed by atoms with E-state index in [1.807, 2.05) is 53.4 Å². The van der Waals surface area contributed by atoms with E-state index in [9.17, 15) is 4.79 Å². The number of nitrogens with zero attached hydrogens (tertiary/aromatic N) is 5. The molecule has 0 aliphatic carbocycles. The first-order valence-corrected chi connectivity index (χ1v) is 9.03. The van der Waals surface area contributed by atoms with Crippen LogP contribution in [0.3, 0.4) is 0 Å². The topological polar surface area (TPSA) is 46.3 Å². The Bertz CT molecular complexity index is 939. The number of carbonyl (C=O) groups is 1. The van der Waals surface area contributed by atoms with Gasteiger partial charge in [0.2, 0.25) is 0 Å². The normalized spacial score (nSPS) is 17.1. The van der Waals surface area contributed by atoms with Gasteiger partial charge in [-0.15, -0.1) is 0 Å². The molecule has 1 aromatic carbocycles. The molecule has 3 heterocycles. The van der Waals surface area contributed by atoms with E-state index in [0.29, 0.717) is 6.54 Å². The number of hydrogen-bond donors (Lipinski definition) is 0. The van der Waals surface area contributed by atoms with Crippen molar-refractivity contribution in [1.82, 2.24) is 23.9 Å². The quantitative estimate of drug-likeness (QED) is 0.726. The van der Waals surface area contributed by atoms with Crippen LogP contribution in [0, 0.1) is 0 Å². The Balaban J connectivity index is 1.64. The summed E-state index contributed by atoms with van der Waals surface area (Å²) in [4.78, 5) is 21.8. The van der Waals surface area contributed by atoms with Gasteiger partial charge in [-0.1, -0.05) is 18.2 Å². The Hall–Kier alpha value is -2.60. The highest BCUT2D eigenvalue weighted by atomic mass is 16.2. The SMILES string of the molecule is CN(C)CCC1CN(C(=O)c2cn(C)c3ccccc23)Cc2cncn21. The van der Waals surface area contributed by atoms with Gasteiger partial charge in [-0.3, -0.25) is 4.79 Å². The van der Waals surface area contributed by atoms with Gasteiger partial charge in [-0.2, -0.15) is 0 Å². The van der Waals surface area contributed by atoms with Crippen molar-refractivity contribution in [3.05, 3.63) is 54.2 Å². The monoisotopic (exact) mass is 351 g/mol. The minimum absolute atomic E-state index is 0.101. The highest BCUT2D eigenvalue weighted by molar-refractivity contribution is 6.07. The second-order valence-corrected chi connectivity index (χ2v) is 7.39. The molecule has 0 saturated heterocycles. The summed E-state index contributed by atoms with van der Waals surface area (Å²) in [6.07, 6.45) is 6.73. The number of carbonyl (C=O) groups excluding carboxylic acids is 1. The third-order valence-electron chi connectivity index (χ3n) is 5.25. The van der Waals surface area contributed by atoms with Crippen molar-refractivity contribution in [2.75, 3.05) is 27.2 Å². The number of para-hydroxylation sites is 1. The molecule has 3 aromatic rings. The highest BCUT2D eigenvalue weighted by Gasteiger charge is 2.29. The molecule has 0 N–H and O–H groups in total. The summed E-state index contributed by atoms with van der Waals surface area (Å²) in [5.41, 5.74) is 2.97. The van der Waals surface area contributed by atoms with Crippen molar-refractivity contribution in [1.29, 1.82) is 0 Å². The zero-order chi connectivity index (χ0) is 18.3. The fraction of sp³-hybridized carbons (Fsp3) is 0.400. The Morgan fingerprint density at radius 2 is 2.12 bits per heavy atom. The molecular weight excluding hydrogens is 326 g/mol. The number of amides is 1. The third kappa shape index (κ3) is 2.90. The van der Waals surface area contributed by atoms with Crippen molar-refractivity contribution >= 4 is 16.8 Å². The van der Waals surface area contributed by atoms with E-state index in [0.717, 1.165) is 41.7 Å². The molecule has 1 atom stereocenters. The maximum Gasteiger partial charge on any atom is 0.256 e. The van der Waals surface area contributed by atoms with E-state index in [-0.39, 0.29) is 11.9 Å². The summed E-state index contributed by atoms with van der Waals surface area (Å²) < 4.78 is 4.26. The summed E-state index contributed by atoms with van der Waals surface area (Å²) in [7, 11) is 6.15. The van der Waals surface area contributed by atoms with E-state index in [4.69, 9.17) is 0 Å². The molecule has 6 nitrogen and oxygen atoms in total. The standard InChI is InChI=1S/C20H25N5O/c1-22(2)9-8-15-11-24(12-16-10-21-14-25(15)16)20(26)18-13-23(3)19-7-5-4-6-17(18)19/h4-7,10,13-15H,8-9,11-12H2,1-3H3. The van der Waals surface area contributed by atoms with Gasteiger partial charge in [0.05, 0.1) is 30.2 Å². The summed E-state index contributed by atoms with van der Waals surface area (Å²) >= 11 is 0. The van der Waals surface area contributed by atoms with Crippen LogP contribution in [0.5, 0.6) is 0 Å². The van der Waals surface area contributed by atoms with Crippen LogP contribution < -0.4 is 0 Å². The average Bonchev–Trinajstić information content (AvgIpc) is 3.24. The van der Waals surface area contributed by atoms with E-state index in [2.05, 4.69) is 34.6 Å². The maximum atomic E-state index is 13.3. The van der Waals surface area contributed by atoms with Gasteiger partial charge in [0.15, 0.2) is 0 Å². The number of aryl methyl sites for hydroxylation is 1. The summed E-state index contributed by atoms with van der Waals surface area (Å²) in [5, 5.41) is 1.02. The molecule has 2 aromatic heterocycles. The first-order valence-electron chi connectivity index (χ1n) is 9.03. The Morgan fingerprint density at radius 3 is 2.92 bits per heavy atom. The molecule has 1 unspecified atom stereocenters. The number of benzene rings is 1. The minimum atomic E-state index is 0.101. The molecule has 136 valence electrons. The molecule has 1 aliphatic heterocycles. The summed E-state index contributed by atoms with van der Waals surface area (Å²) in [5.74, 6) is 0.101. The molecule has 0 bridgehead atoms. The predicted molar refractivity (Wildman–Crippen MR) is 102 cm³/mol. The number of aromatic nitrogens is 3. The second kappa shape index (κ2) is 6.61. The largest absolute Gasteiger partial charge is 0.350 e. The van der Waals surface area contributed by atoms with Gasteiger partial charge < -0.3 is 18.9 Å².